The van der Waals surface area contributed by atoms with Gasteiger partial charge in [-0.05, 0) is 26.3 Å². The molecule has 0 saturated carbocycles. The Hall–Kier alpha value is -2.28. The van der Waals surface area contributed by atoms with Gasteiger partial charge in [0.2, 0.25) is 0 Å². The first-order valence-electron chi connectivity index (χ1n) is 7.97. The number of amides is 2. The third kappa shape index (κ3) is 5.42. The van der Waals surface area contributed by atoms with E-state index in [0.717, 1.165) is 5.56 Å². The first-order valence-corrected chi connectivity index (χ1v) is 7.97. The van der Waals surface area contributed by atoms with Gasteiger partial charge in [-0.3, -0.25) is 0 Å². The van der Waals surface area contributed by atoms with E-state index >= 15 is 0 Å². The highest BCUT2D eigenvalue weighted by Crippen LogP contribution is 2.14. The number of nitrogens with one attached hydrogen (secondary N) is 2. The van der Waals surface area contributed by atoms with Gasteiger partial charge in [0.15, 0.2) is 0 Å². The van der Waals surface area contributed by atoms with Gasteiger partial charge >= 0.3 is 12.2 Å². The van der Waals surface area contributed by atoms with Crippen LogP contribution in [0.2, 0.25) is 0 Å². The molecule has 2 amide bonds. The molecule has 1 aromatic rings. The smallest absolute Gasteiger partial charge is 0.407 e. The van der Waals surface area contributed by atoms with E-state index in [1.807, 2.05) is 51.1 Å². The van der Waals surface area contributed by atoms with Gasteiger partial charge in [0.1, 0.15) is 6.61 Å². The average molecular weight is 335 g/mol. The Bertz CT molecular complexity index is 571. The van der Waals surface area contributed by atoms with Crippen LogP contribution in [0.3, 0.4) is 0 Å². The summed E-state index contributed by atoms with van der Waals surface area (Å²) in [5, 5.41) is 15.3. The van der Waals surface area contributed by atoms with Crippen LogP contribution in [0.5, 0.6) is 0 Å². The maximum atomic E-state index is 12.0. The van der Waals surface area contributed by atoms with Crippen molar-refractivity contribution < 1.29 is 19.4 Å². The zero-order valence-corrected chi connectivity index (χ0v) is 14.3. The molecular formula is C17H25N3O4. The van der Waals surface area contributed by atoms with Crippen molar-refractivity contribution in [2.45, 2.75) is 45.0 Å². The van der Waals surface area contributed by atoms with Crippen molar-refractivity contribution in [2.24, 2.45) is 0 Å². The molecule has 1 fully saturated rings. The predicted octanol–water partition coefficient (Wildman–Crippen LogP) is 2.03. The lowest BCUT2D eigenvalue weighted by atomic mass is 10.0. The maximum Gasteiger partial charge on any atom is 0.407 e. The van der Waals surface area contributed by atoms with Crippen molar-refractivity contribution >= 4 is 12.2 Å². The van der Waals surface area contributed by atoms with E-state index in [1.165, 1.54) is 4.90 Å². The molecule has 1 aliphatic heterocycles. The van der Waals surface area contributed by atoms with E-state index in [0.29, 0.717) is 6.54 Å². The number of benzene rings is 1. The summed E-state index contributed by atoms with van der Waals surface area (Å²) >= 11 is 0. The summed E-state index contributed by atoms with van der Waals surface area (Å²) in [5.74, 6) is 0. The molecule has 2 rings (SSSR count). The fourth-order valence-electron chi connectivity index (χ4n) is 2.72. The normalized spacial score (nSPS) is 20.7. The largest absolute Gasteiger partial charge is 0.465 e. The lowest BCUT2D eigenvalue weighted by molar-refractivity contribution is 0.132. The molecule has 0 radical (unpaired) electrons. The first-order chi connectivity index (χ1) is 11.2. The molecule has 7 heteroatoms. The standard InChI is InChI=1S/C17H25N3O4/c1-17(2,3)19-14-10-20(16(22)23)9-13(14)18-15(21)24-11-12-7-5-4-6-8-12/h4-8,13-14,19H,9-11H2,1-3H3,(H,18,21)(H,22,23)/t13-,14+/m1/s1. The van der Waals surface area contributed by atoms with Gasteiger partial charge in [0, 0.05) is 24.7 Å². The Labute approximate surface area is 142 Å². The number of alkyl carbamates (subject to hydrolysis) is 1. The van der Waals surface area contributed by atoms with E-state index in [9.17, 15) is 14.7 Å². The molecule has 7 nitrogen and oxygen atoms in total. The van der Waals surface area contributed by atoms with Crippen LogP contribution in [0.4, 0.5) is 9.59 Å². The third-order valence-electron chi connectivity index (χ3n) is 3.72. The van der Waals surface area contributed by atoms with Crippen LogP contribution < -0.4 is 10.6 Å². The molecule has 0 spiro atoms. The molecule has 1 heterocycles. The molecule has 1 aliphatic rings. The van der Waals surface area contributed by atoms with Crippen LogP contribution in [-0.2, 0) is 11.3 Å². The monoisotopic (exact) mass is 335 g/mol. The van der Waals surface area contributed by atoms with Crippen LogP contribution >= 0.6 is 0 Å². The predicted molar refractivity (Wildman–Crippen MR) is 89.8 cm³/mol. The number of carboxylic acid groups (broad SMARTS) is 1. The van der Waals surface area contributed by atoms with Gasteiger partial charge in [-0.1, -0.05) is 30.3 Å². The molecule has 0 aliphatic carbocycles. The molecule has 1 aromatic carbocycles. The number of carbonyl (C=O) groups excluding carboxylic acids is 1. The summed E-state index contributed by atoms with van der Waals surface area (Å²) in [6, 6.07) is 8.90. The zero-order valence-electron chi connectivity index (χ0n) is 14.3. The minimum atomic E-state index is -0.988. The Balaban J connectivity index is 1.91. The van der Waals surface area contributed by atoms with Gasteiger partial charge < -0.3 is 25.4 Å². The van der Waals surface area contributed by atoms with Crippen molar-refractivity contribution in [3.63, 3.8) is 0 Å². The summed E-state index contributed by atoms with van der Waals surface area (Å²) < 4.78 is 5.22. The van der Waals surface area contributed by atoms with Gasteiger partial charge in [0.25, 0.3) is 0 Å². The van der Waals surface area contributed by atoms with E-state index in [1.54, 1.807) is 0 Å². The Morgan fingerprint density at radius 2 is 1.83 bits per heavy atom. The lowest BCUT2D eigenvalue weighted by Gasteiger charge is -2.29. The van der Waals surface area contributed by atoms with Crippen molar-refractivity contribution in [1.82, 2.24) is 15.5 Å². The summed E-state index contributed by atoms with van der Waals surface area (Å²) in [6.07, 6.45) is -1.53. The van der Waals surface area contributed by atoms with Crippen molar-refractivity contribution in [1.29, 1.82) is 0 Å². The molecule has 0 bridgehead atoms. The van der Waals surface area contributed by atoms with E-state index in [-0.39, 0.29) is 30.8 Å². The van der Waals surface area contributed by atoms with Crippen molar-refractivity contribution in [3.8, 4) is 0 Å². The number of carbonyl (C=O) groups is 2. The average Bonchev–Trinajstić information content (AvgIpc) is 2.87. The Morgan fingerprint density at radius 1 is 1.21 bits per heavy atom. The van der Waals surface area contributed by atoms with E-state index in [2.05, 4.69) is 10.6 Å². The number of nitrogens with zero attached hydrogens (tertiary/aromatic N) is 1. The number of rotatable bonds is 4. The lowest BCUT2D eigenvalue weighted by Crippen LogP contribution is -2.54. The van der Waals surface area contributed by atoms with Crippen LogP contribution in [0.15, 0.2) is 30.3 Å². The highest BCUT2D eigenvalue weighted by atomic mass is 16.5. The first kappa shape index (κ1) is 18.1. The van der Waals surface area contributed by atoms with Crippen molar-refractivity contribution in [2.75, 3.05) is 13.1 Å². The molecule has 1 saturated heterocycles. The van der Waals surface area contributed by atoms with Crippen LogP contribution in [0.25, 0.3) is 0 Å². The number of hydrogen-bond acceptors (Lipinski definition) is 4. The summed E-state index contributed by atoms with van der Waals surface area (Å²) in [7, 11) is 0. The fourth-order valence-corrected chi connectivity index (χ4v) is 2.72. The summed E-state index contributed by atoms with van der Waals surface area (Å²) in [4.78, 5) is 24.5. The molecule has 0 aromatic heterocycles. The Kier molecular flexibility index (Phi) is 5.66. The highest BCUT2D eigenvalue weighted by molar-refractivity contribution is 5.69. The second-order valence-electron chi connectivity index (χ2n) is 7.00. The van der Waals surface area contributed by atoms with Crippen LogP contribution in [0, 0.1) is 0 Å². The second kappa shape index (κ2) is 7.53. The topological polar surface area (TPSA) is 90.9 Å². The molecule has 2 atom stereocenters. The molecule has 132 valence electrons. The second-order valence-corrected chi connectivity index (χ2v) is 7.00. The van der Waals surface area contributed by atoms with Gasteiger partial charge in [-0.15, -0.1) is 0 Å². The van der Waals surface area contributed by atoms with Crippen molar-refractivity contribution in [3.05, 3.63) is 35.9 Å². The van der Waals surface area contributed by atoms with Crippen LogP contribution in [0.1, 0.15) is 26.3 Å². The summed E-state index contributed by atoms with van der Waals surface area (Å²) in [5.41, 5.74) is 0.711. The SMILES string of the molecule is CC(C)(C)N[C@H]1CN(C(=O)O)C[C@H]1NC(=O)OCc1ccccc1. The van der Waals surface area contributed by atoms with Gasteiger partial charge in [-0.25, -0.2) is 9.59 Å². The summed E-state index contributed by atoms with van der Waals surface area (Å²) in [6.45, 7) is 6.75. The fraction of sp³-hybridized carbons (Fsp3) is 0.529. The quantitative estimate of drug-likeness (QED) is 0.783. The maximum absolute atomic E-state index is 12.0. The van der Waals surface area contributed by atoms with E-state index in [4.69, 9.17) is 4.74 Å². The van der Waals surface area contributed by atoms with E-state index < -0.39 is 12.2 Å². The molecule has 0 unspecified atom stereocenters. The van der Waals surface area contributed by atoms with Crippen LogP contribution in [-0.4, -0.2) is 52.9 Å². The molecule has 3 N–H and O–H groups in total. The minimum Gasteiger partial charge on any atom is -0.465 e. The Morgan fingerprint density at radius 3 is 2.42 bits per heavy atom. The number of ether oxygens (including phenoxy) is 1. The minimum absolute atomic E-state index is 0.162. The van der Waals surface area contributed by atoms with Gasteiger partial charge in [-0.2, -0.15) is 0 Å². The number of likely N-dealkylation sites (tertiary alicyclic amines) is 1. The molecule has 24 heavy (non-hydrogen) atoms. The molecular weight excluding hydrogens is 310 g/mol. The zero-order chi connectivity index (χ0) is 17.7. The van der Waals surface area contributed by atoms with Gasteiger partial charge in [0.05, 0.1) is 6.04 Å². The number of hydrogen-bond donors (Lipinski definition) is 3. The highest BCUT2D eigenvalue weighted by Gasteiger charge is 2.38. The third-order valence-corrected chi connectivity index (χ3v) is 3.72.